The van der Waals surface area contributed by atoms with Gasteiger partial charge in [-0.2, -0.15) is 0 Å². The van der Waals surface area contributed by atoms with Gasteiger partial charge in [0, 0.05) is 19.1 Å². The number of methoxy groups -OCH3 is 1. The highest BCUT2D eigenvalue weighted by Crippen LogP contribution is 2.30. The van der Waals surface area contributed by atoms with Gasteiger partial charge in [0.1, 0.15) is 0 Å². The normalized spacial score (nSPS) is 20.4. The predicted molar refractivity (Wildman–Crippen MR) is 67.3 cm³/mol. The molecule has 1 aliphatic heterocycles. The molecule has 17 heavy (non-hydrogen) atoms. The molecule has 0 aliphatic carbocycles. The van der Waals surface area contributed by atoms with Gasteiger partial charge in [-0.05, 0) is 12.8 Å². The Hall–Kier alpha value is -1.34. The quantitative estimate of drug-likeness (QED) is 0.746. The maximum Gasteiger partial charge on any atom is 0.351 e. The molecule has 2 rings (SSSR count). The van der Waals surface area contributed by atoms with Crippen LogP contribution in [-0.2, 0) is 4.74 Å². The number of ether oxygens (including phenoxy) is 1. The Morgan fingerprint density at radius 3 is 3.06 bits per heavy atom. The summed E-state index contributed by atoms with van der Waals surface area (Å²) in [6.45, 7) is 1.66. The van der Waals surface area contributed by atoms with E-state index >= 15 is 0 Å². The highest BCUT2D eigenvalue weighted by molar-refractivity contribution is 7.18. The molecule has 0 bridgehead atoms. The molecule has 94 valence electrons. The first-order chi connectivity index (χ1) is 8.11. The summed E-state index contributed by atoms with van der Waals surface area (Å²) in [5.41, 5.74) is 11.6. The fraction of sp³-hybridized carbons (Fsp3) is 0.600. The van der Waals surface area contributed by atoms with Gasteiger partial charge in [-0.25, -0.2) is 9.78 Å². The second kappa shape index (κ2) is 4.89. The van der Waals surface area contributed by atoms with Crippen molar-refractivity contribution >= 4 is 28.3 Å². The summed E-state index contributed by atoms with van der Waals surface area (Å²) >= 11 is 1.26. The Balaban J connectivity index is 2.19. The molecule has 0 saturated carbocycles. The maximum atomic E-state index is 11.4. The van der Waals surface area contributed by atoms with Gasteiger partial charge < -0.3 is 21.1 Å². The van der Waals surface area contributed by atoms with Gasteiger partial charge in [-0.3, -0.25) is 0 Å². The lowest BCUT2D eigenvalue weighted by Crippen LogP contribution is -2.42. The second-order valence-electron chi connectivity index (χ2n) is 4.05. The monoisotopic (exact) mass is 256 g/mol. The van der Waals surface area contributed by atoms with E-state index < -0.39 is 5.97 Å². The Labute approximate surface area is 104 Å². The summed E-state index contributed by atoms with van der Waals surface area (Å²) in [5, 5.41) is 0.748. The molecule has 1 fully saturated rings. The van der Waals surface area contributed by atoms with Crippen LogP contribution in [0.25, 0.3) is 0 Å². The number of rotatable bonds is 2. The van der Waals surface area contributed by atoms with E-state index in [0.29, 0.717) is 4.88 Å². The summed E-state index contributed by atoms with van der Waals surface area (Å²) in [6.07, 6.45) is 2.06. The van der Waals surface area contributed by atoms with Gasteiger partial charge in [-0.1, -0.05) is 11.3 Å². The van der Waals surface area contributed by atoms with Crippen molar-refractivity contribution in [3.63, 3.8) is 0 Å². The highest BCUT2D eigenvalue weighted by atomic mass is 32.1. The van der Waals surface area contributed by atoms with Crippen LogP contribution in [0.5, 0.6) is 0 Å². The van der Waals surface area contributed by atoms with Crippen molar-refractivity contribution in [3.8, 4) is 0 Å². The van der Waals surface area contributed by atoms with Gasteiger partial charge in [0.15, 0.2) is 15.8 Å². The number of hydrogen-bond donors (Lipinski definition) is 2. The van der Waals surface area contributed by atoms with Crippen LogP contribution in [0.4, 0.5) is 10.9 Å². The van der Waals surface area contributed by atoms with Crippen LogP contribution >= 0.6 is 11.3 Å². The number of nitrogen functional groups attached to an aromatic ring is 1. The molecule has 0 aromatic carbocycles. The lowest BCUT2D eigenvalue weighted by molar-refractivity contribution is 0.0607. The van der Waals surface area contributed by atoms with Gasteiger partial charge >= 0.3 is 5.97 Å². The van der Waals surface area contributed by atoms with E-state index in [1.165, 1.54) is 18.4 Å². The van der Waals surface area contributed by atoms with Gasteiger partial charge in [0.05, 0.1) is 7.11 Å². The van der Waals surface area contributed by atoms with Crippen molar-refractivity contribution in [1.29, 1.82) is 0 Å². The molecule has 1 unspecified atom stereocenters. The van der Waals surface area contributed by atoms with E-state index in [4.69, 9.17) is 11.5 Å². The molecule has 0 spiro atoms. The molecule has 0 radical (unpaired) electrons. The number of nitrogens with two attached hydrogens (primary N) is 2. The largest absolute Gasteiger partial charge is 0.465 e. The molecule has 1 aliphatic rings. The average Bonchev–Trinajstić information content (AvgIpc) is 2.70. The summed E-state index contributed by atoms with van der Waals surface area (Å²) in [5.74, 6) is -0.205. The highest BCUT2D eigenvalue weighted by Gasteiger charge is 2.23. The van der Waals surface area contributed by atoms with Gasteiger partial charge in [0.2, 0.25) is 0 Å². The number of piperidine rings is 1. The van der Waals surface area contributed by atoms with Crippen LogP contribution in [0.3, 0.4) is 0 Å². The predicted octanol–water partition coefficient (Wildman–Crippen LogP) is 0.439. The number of aromatic nitrogens is 1. The van der Waals surface area contributed by atoms with Crippen molar-refractivity contribution < 1.29 is 9.53 Å². The maximum absolute atomic E-state index is 11.4. The van der Waals surface area contributed by atoms with E-state index in [1.807, 2.05) is 0 Å². The zero-order valence-corrected chi connectivity index (χ0v) is 10.5. The van der Waals surface area contributed by atoms with E-state index in [-0.39, 0.29) is 11.9 Å². The molecule has 4 N–H and O–H groups in total. The van der Waals surface area contributed by atoms with Crippen LogP contribution in [0, 0.1) is 0 Å². The Morgan fingerprint density at radius 1 is 1.65 bits per heavy atom. The molecule has 7 heteroatoms. The van der Waals surface area contributed by atoms with Crippen molar-refractivity contribution in [2.24, 2.45) is 5.73 Å². The average molecular weight is 256 g/mol. The zero-order chi connectivity index (χ0) is 12.4. The molecular weight excluding hydrogens is 240 g/mol. The molecule has 1 atom stereocenters. The number of hydrogen-bond acceptors (Lipinski definition) is 7. The first-order valence-electron chi connectivity index (χ1n) is 5.47. The number of thiazole rings is 1. The summed E-state index contributed by atoms with van der Waals surface area (Å²) in [6, 6.07) is 0.162. The zero-order valence-electron chi connectivity index (χ0n) is 9.68. The summed E-state index contributed by atoms with van der Waals surface area (Å²) < 4.78 is 4.65. The second-order valence-corrected chi connectivity index (χ2v) is 5.03. The Bertz CT molecular complexity index is 420. The standard InChI is InChI=1S/C10H16N4O2S/c1-16-9(15)7-8(12)13-10(17-7)14-4-2-3-6(11)5-14/h6H,2-5,11-12H2,1H3. The fourth-order valence-electron chi connectivity index (χ4n) is 1.88. The molecule has 1 aromatic heterocycles. The summed E-state index contributed by atoms with van der Waals surface area (Å²) in [4.78, 5) is 18.1. The molecular formula is C10H16N4O2S. The number of carbonyl (C=O) groups is 1. The van der Waals surface area contributed by atoms with Gasteiger partial charge in [-0.15, -0.1) is 0 Å². The minimum Gasteiger partial charge on any atom is -0.465 e. The van der Waals surface area contributed by atoms with Crippen molar-refractivity contribution in [2.75, 3.05) is 30.8 Å². The first kappa shape index (κ1) is 12.1. The van der Waals surface area contributed by atoms with E-state index in [9.17, 15) is 4.79 Å². The Kier molecular flexibility index (Phi) is 3.49. The number of carbonyl (C=O) groups excluding carboxylic acids is 1. The van der Waals surface area contributed by atoms with Gasteiger partial charge in [0.25, 0.3) is 0 Å². The van der Waals surface area contributed by atoms with Crippen LogP contribution < -0.4 is 16.4 Å². The number of nitrogens with zero attached hydrogens (tertiary/aromatic N) is 2. The lowest BCUT2D eigenvalue weighted by atomic mass is 10.1. The molecule has 1 saturated heterocycles. The van der Waals surface area contributed by atoms with Crippen LogP contribution in [-0.4, -0.2) is 37.2 Å². The molecule has 2 heterocycles. The van der Waals surface area contributed by atoms with Crippen molar-refractivity contribution in [1.82, 2.24) is 4.98 Å². The van der Waals surface area contributed by atoms with Crippen LogP contribution in [0.2, 0.25) is 0 Å². The van der Waals surface area contributed by atoms with E-state index in [2.05, 4.69) is 14.6 Å². The Morgan fingerprint density at radius 2 is 2.41 bits per heavy atom. The number of esters is 1. The minimum atomic E-state index is -0.437. The third-order valence-corrected chi connectivity index (χ3v) is 3.85. The smallest absolute Gasteiger partial charge is 0.351 e. The first-order valence-corrected chi connectivity index (χ1v) is 6.28. The van der Waals surface area contributed by atoms with Crippen molar-refractivity contribution in [3.05, 3.63) is 4.88 Å². The topological polar surface area (TPSA) is 94.5 Å². The third-order valence-electron chi connectivity index (χ3n) is 2.74. The molecule has 1 aromatic rings. The number of anilines is 2. The van der Waals surface area contributed by atoms with Crippen LogP contribution in [0.15, 0.2) is 0 Å². The lowest BCUT2D eigenvalue weighted by Gasteiger charge is -2.30. The van der Waals surface area contributed by atoms with E-state index in [0.717, 1.165) is 31.1 Å². The summed E-state index contributed by atoms with van der Waals surface area (Å²) in [7, 11) is 1.33. The molecule has 6 nitrogen and oxygen atoms in total. The molecule has 0 amide bonds. The van der Waals surface area contributed by atoms with E-state index in [1.54, 1.807) is 0 Å². The van der Waals surface area contributed by atoms with Crippen LogP contribution in [0.1, 0.15) is 22.5 Å². The SMILES string of the molecule is COC(=O)c1sc(N2CCCC(N)C2)nc1N. The fourth-order valence-corrected chi connectivity index (χ4v) is 2.82. The third kappa shape index (κ3) is 2.50. The minimum absolute atomic E-state index is 0.162. The van der Waals surface area contributed by atoms with Crippen molar-refractivity contribution in [2.45, 2.75) is 18.9 Å².